The molecule has 1 aromatic carbocycles. The lowest BCUT2D eigenvalue weighted by atomic mass is 9.98. The second-order valence-electron chi connectivity index (χ2n) is 5.28. The predicted molar refractivity (Wildman–Crippen MR) is 77.6 cm³/mol. The Hall–Kier alpha value is -1.95. The normalized spacial score (nSPS) is 17.2. The van der Waals surface area contributed by atoms with E-state index in [1.54, 1.807) is 4.68 Å². The highest BCUT2D eigenvalue weighted by atomic mass is 15.6. The molecular formula is C14H20N6. The van der Waals surface area contributed by atoms with Crippen molar-refractivity contribution < 1.29 is 0 Å². The summed E-state index contributed by atoms with van der Waals surface area (Å²) in [4.78, 5) is 0. The Labute approximate surface area is 118 Å². The number of hydrogen-bond donors (Lipinski definition) is 2. The molecular weight excluding hydrogens is 252 g/mol. The molecule has 1 fully saturated rings. The van der Waals surface area contributed by atoms with Crippen molar-refractivity contribution in [3.8, 4) is 5.69 Å². The van der Waals surface area contributed by atoms with Crippen LogP contribution in [0.4, 0.5) is 5.95 Å². The lowest BCUT2D eigenvalue weighted by Crippen LogP contribution is -2.36. The monoisotopic (exact) mass is 272 g/mol. The zero-order chi connectivity index (χ0) is 13.8. The molecule has 0 aliphatic heterocycles. The number of anilines is 1. The molecule has 1 saturated carbocycles. The highest BCUT2D eigenvalue weighted by Gasteiger charge is 2.25. The molecule has 3 rings (SSSR count). The minimum absolute atomic E-state index is 0.242. The minimum Gasteiger partial charge on any atom is -0.348 e. The van der Waals surface area contributed by atoms with Gasteiger partial charge in [-0.25, -0.2) is 0 Å². The summed E-state index contributed by atoms with van der Waals surface area (Å²) in [6.45, 7) is 0.603. The summed E-state index contributed by atoms with van der Waals surface area (Å²) in [6, 6.07) is 10.1. The van der Waals surface area contributed by atoms with E-state index >= 15 is 0 Å². The first-order valence-electron chi connectivity index (χ1n) is 7.19. The standard InChI is InChI=1S/C14H20N6/c15-10-13(11-6-4-5-7-11)16-14-17-18-19-20(14)12-8-2-1-3-9-12/h1-3,8-9,11,13H,4-7,10,15H2,(H,16,17,19). The van der Waals surface area contributed by atoms with Gasteiger partial charge in [0.2, 0.25) is 5.95 Å². The predicted octanol–water partition coefficient (Wildman–Crippen LogP) is 1.59. The summed E-state index contributed by atoms with van der Waals surface area (Å²) < 4.78 is 1.72. The first-order chi connectivity index (χ1) is 9.88. The maximum absolute atomic E-state index is 5.92. The van der Waals surface area contributed by atoms with Gasteiger partial charge in [0, 0.05) is 12.6 Å². The number of benzene rings is 1. The number of tetrazole rings is 1. The van der Waals surface area contributed by atoms with E-state index in [2.05, 4.69) is 20.8 Å². The fraction of sp³-hybridized carbons (Fsp3) is 0.500. The summed E-state index contributed by atoms with van der Waals surface area (Å²) in [5.74, 6) is 1.29. The first-order valence-corrected chi connectivity index (χ1v) is 7.19. The van der Waals surface area contributed by atoms with Crippen LogP contribution >= 0.6 is 0 Å². The molecule has 3 N–H and O–H groups in total. The number of nitrogens with two attached hydrogens (primary N) is 1. The Balaban J connectivity index is 1.79. The van der Waals surface area contributed by atoms with E-state index in [1.165, 1.54) is 25.7 Å². The van der Waals surface area contributed by atoms with Crippen LogP contribution in [0, 0.1) is 5.92 Å². The summed E-state index contributed by atoms with van der Waals surface area (Å²) in [5.41, 5.74) is 6.86. The average molecular weight is 272 g/mol. The molecule has 6 heteroatoms. The van der Waals surface area contributed by atoms with Crippen LogP contribution in [0.2, 0.25) is 0 Å². The summed E-state index contributed by atoms with van der Waals surface area (Å²) in [6.07, 6.45) is 5.07. The number of rotatable bonds is 5. The van der Waals surface area contributed by atoms with Crippen LogP contribution in [0.15, 0.2) is 30.3 Å². The average Bonchev–Trinajstić information content (AvgIpc) is 3.17. The smallest absolute Gasteiger partial charge is 0.248 e. The van der Waals surface area contributed by atoms with Gasteiger partial charge in [0.1, 0.15) is 0 Å². The van der Waals surface area contributed by atoms with E-state index in [0.717, 1.165) is 5.69 Å². The Kier molecular flexibility index (Phi) is 3.92. The van der Waals surface area contributed by atoms with Gasteiger partial charge in [0.05, 0.1) is 5.69 Å². The molecule has 106 valence electrons. The van der Waals surface area contributed by atoms with Gasteiger partial charge in [-0.3, -0.25) is 0 Å². The number of nitrogens with one attached hydrogen (secondary N) is 1. The van der Waals surface area contributed by atoms with Crippen LogP contribution in [0.25, 0.3) is 5.69 Å². The molecule has 1 aliphatic carbocycles. The zero-order valence-electron chi connectivity index (χ0n) is 11.4. The number of hydrogen-bond acceptors (Lipinski definition) is 5. The van der Waals surface area contributed by atoms with E-state index in [-0.39, 0.29) is 6.04 Å². The maximum atomic E-state index is 5.92. The summed E-state index contributed by atoms with van der Waals surface area (Å²) in [7, 11) is 0. The van der Waals surface area contributed by atoms with Crippen molar-refractivity contribution in [2.45, 2.75) is 31.7 Å². The van der Waals surface area contributed by atoms with Gasteiger partial charge in [-0.05, 0) is 41.3 Å². The number of aromatic nitrogens is 4. The van der Waals surface area contributed by atoms with E-state index in [4.69, 9.17) is 5.73 Å². The highest BCUT2D eigenvalue weighted by molar-refractivity contribution is 5.39. The Bertz CT molecular complexity index is 532. The van der Waals surface area contributed by atoms with Gasteiger partial charge in [-0.2, -0.15) is 4.68 Å². The second-order valence-corrected chi connectivity index (χ2v) is 5.28. The van der Waals surface area contributed by atoms with Gasteiger partial charge < -0.3 is 11.1 Å². The molecule has 0 spiro atoms. The van der Waals surface area contributed by atoms with Crippen LogP contribution in [0.3, 0.4) is 0 Å². The molecule has 20 heavy (non-hydrogen) atoms. The van der Waals surface area contributed by atoms with Crippen molar-refractivity contribution >= 4 is 5.95 Å². The van der Waals surface area contributed by atoms with Gasteiger partial charge in [-0.1, -0.05) is 36.1 Å². The van der Waals surface area contributed by atoms with Crippen molar-refractivity contribution in [1.82, 2.24) is 20.2 Å². The highest BCUT2D eigenvalue weighted by Crippen LogP contribution is 2.28. The molecule has 0 amide bonds. The quantitative estimate of drug-likeness (QED) is 0.864. The third-order valence-corrected chi connectivity index (χ3v) is 4.01. The molecule has 6 nitrogen and oxygen atoms in total. The van der Waals surface area contributed by atoms with Crippen molar-refractivity contribution in [3.63, 3.8) is 0 Å². The number of para-hydroxylation sites is 1. The van der Waals surface area contributed by atoms with E-state index in [0.29, 0.717) is 18.4 Å². The second kappa shape index (κ2) is 6.00. The topological polar surface area (TPSA) is 81.7 Å². The molecule has 0 bridgehead atoms. The van der Waals surface area contributed by atoms with E-state index in [9.17, 15) is 0 Å². The van der Waals surface area contributed by atoms with Gasteiger partial charge in [0.15, 0.2) is 0 Å². The maximum Gasteiger partial charge on any atom is 0.248 e. The lowest BCUT2D eigenvalue weighted by Gasteiger charge is -2.23. The molecule has 2 aromatic rings. The van der Waals surface area contributed by atoms with Crippen molar-refractivity contribution in [2.24, 2.45) is 11.7 Å². The van der Waals surface area contributed by atoms with Crippen LogP contribution in [0.5, 0.6) is 0 Å². The van der Waals surface area contributed by atoms with Crippen LogP contribution in [-0.4, -0.2) is 32.8 Å². The summed E-state index contributed by atoms with van der Waals surface area (Å²) in [5, 5.41) is 15.3. The molecule has 0 saturated heterocycles. The lowest BCUT2D eigenvalue weighted by molar-refractivity contribution is 0.459. The third kappa shape index (κ3) is 2.65. The van der Waals surface area contributed by atoms with Gasteiger partial charge in [0.25, 0.3) is 0 Å². The van der Waals surface area contributed by atoms with Crippen molar-refractivity contribution in [2.75, 3.05) is 11.9 Å². The number of nitrogens with zero attached hydrogens (tertiary/aromatic N) is 4. The fourth-order valence-electron chi connectivity index (χ4n) is 2.92. The van der Waals surface area contributed by atoms with Gasteiger partial charge >= 0.3 is 0 Å². The fourth-order valence-corrected chi connectivity index (χ4v) is 2.92. The van der Waals surface area contributed by atoms with Crippen molar-refractivity contribution in [3.05, 3.63) is 30.3 Å². The van der Waals surface area contributed by atoms with E-state index < -0.39 is 0 Å². The summed E-state index contributed by atoms with van der Waals surface area (Å²) >= 11 is 0. The Morgan fingerprint density at radius 3 is 2.70 bits per heavy atom. The minimum atomic E-state index is 0.242. The van der Waals surface area contributed by atoms with Crippen LogP contribution in [-0.2, 0) is 0 Å². The molecule has 1 atom stereocenters. The van der Waals surface area contributed by atoms with Crippen LogP contribution < -0.4 is 11.1 Å². The SMILES string of the molecule is NCC(Nc1nnnn1-c1ccccc1)C1CCCC1. The zero-order valence-corrected chi connectivity index (χ0v) is 11.4. The largest absolute Gasteiger partial charge is 0.348 e. The van der Waals surface area contributed by atoms with Crippen molar-refractivity contribution in [1.29, 1.82) is 0 Å². The van der Waals surface area contributed by atoms with Crippen LogP contribution in [0.1, 0.15) is 25.7 Å². The van der Waals surface area contributed by atoms with Gasteiger partial charge in [-0.15, -0.1) is 0 Å². The molecule has 1 aliphatic rings. The van der Waals surface area contributed by atoms with E-state index in [1.807, 2.05) is 30.3 Å². The Morgan fingerprint density at radius 1 is 1.25 bits per heavy atom. The molecule has 1 unspecified atom stereocenters. The Morgan fingerprint density at radius 2 is 2.00 bits per heavy atom. The first kappa shape index (κ1) is 13.1. The molecule has 0 radical (unpaired) electrons. The third-order valence-electron chi connectivity index (χ3n) is 4.01. The molecule has 1 heterocycles. The molecule has 1 aromatic heterocycles.